The Balaban J connectivity index is 2.16. The van der Waals surface area contributed by atoms with Crippen molar-refractivity contribution in [3.8, 4) is 0 Å². The summed E-state index contributed by atoms with van der Waals surface area (Å²) in [5, 5.41) is 11.9. The van der Waals surface area contributed by atoms with Gasteiger partial charge in [-0.15, -0.1) is 0 Å². The molecule has 1 aromatic carbocycles. The summed E-state index contributed by atoms with van der Waals surface area (Å²) in [6.07, 6.45) is 2.81. The summed E-state index contributed by atoms with van der Waals surface area (Å²) in [6, 6.07) is 4.29. The van der Waals surface area contributed by atoms with Gasteiger partial charge in [0.05, 0.1) is 10.7 Å². The van der Waals surface area contributed by atoms with E-state index in [0.29, 0.717) is 13.1 Å². The molecule has 6 heteroatoms. The first-order valence-electron chi connectivity index (χ1n) is 6.22. The zero-order chi connectivity index (χ0) is 14.7. The summed E-state index contributed by atoms with van der Waals surface area (Å²) in [6.45, 7) is 3.17. The second kappa shape index (κ2) is 5.96. The molecule has 0 radical (unpaired) electrons. The van der Waals surface area contributed by atoms with Crippen LogP contribution < -0.4 is 5.32 Å². The largest absolute Gasteiger partial charge is 0.478 e. The van der Waals surface area contributed by atoms with Gasteiger partial charge in [-0.2, -0.15) is 0 Å². The van der Waals surface area contributed by atoms with Crippen molar-refractivity contribution in [3.05, 3.63) is 40.4 Å². The zero-order valence-electron chi connectivity index (χ0n) is 11.0. The fraction of sp³-hybridized carbons (Fsp3) is 0.286. The lowest BCUT2D eigenvalue weighted by atomic mass is 10.1. The topological polar surface area (TPSA) is 69.6 Å². The number of nitrogens with zero attached hydrogens (tertiary/aromatic N) is 1. The smallest absolute Gasteiger partial charge is 0.339 e. The first-order chi connectivity index (χ1) is 9.49. The molecule has 1 aliphatic rings. The quantitative estimate of drug-likeness (QED) is 0.823. The highest BCUT2D eigenvalue weighted by Gasteiger charge is 2.20. The third kappa shape index (κ3) is 3.11. The number of anilines is 1. The van der Waals surface area contributed by atoms with E-state index < -0.39 is 5.97 Å². The maximum Gasteiger partial charge on any atom is 0.339 e. The van der Waals surface area contributed by atoms with E-state index in [1.165, 1.54) is 17.7 Å². The van der Waals surface area contributed by atoms with E-state index in [4.69, 9.17) is 16.7 Å². The third-order valence-electron chi connectivity index (χ3n) is 3.19. The number of benzene rings is 1. The number of carboxylic acids is 1. The van der Waals surface area contributed by atoms with Gasteiger partial charge in [0.2, 0.25) is 0 Å². The van der Waals surface area contributed by atoms with Gasteiger partial charge in [0.1, 0.15) is 5.56 Å². The summed E-state index contributed by atoms with van der Waals surface area (Å²) in [5.41, 5.74) is 1.37. The van der Waals surface area contributed by atoms with Crippen LogP contribution in [0, 0.1) is 0 Å². The summed E-state index contributed by atoms with van der Waals surface area (Å²) < 4.78 is 0. The molecule has 2 amide bonds. The molecule has 2 rings (SSSR count). The molecule has 1 heterocycles. The first-order valence-corrected chi connectivity index (χ1v) is 6.60. The van der Waals surface area contributed by atoms with Crippen molar-refractivity contribution >= 4 is 29.3 Å². The number of nitrogens with one attached hydrogen (secondary N) is 1. The molecule has 106 valence electrons. The van der Waals surface area contributed by atoms with Gasteiger partial charge < -0.3 is 15.3 Å². The number of carbonyl (C=O) groups excluding carboxylic acids is 1. The molecule has 0 aliphatic carbocycles. The van der Waals surface area contributed by atoms with Crippen LogP contribution in [-0.2, 0) is 0 Å². The summed E-state index contributed by atoms with van der Waals surface area (Å²) in [7, 11) is 0. The monoisotopic (exact) mass is 294 g/mol. The van der Waals surface area contributed by atoms with Crippen molar-refractivity contribution in [1.29, 1.82) is 0 Å². The lowest BCUT2D eigenvalue weighted by Crippen LogP contribution is -2.38. The number of carbonyl (C=O) groups is 2. The van der Waals surface area contributed by atoms with Crippen LogP contribution in [-0.4, -0.2) is 35.1 Å². The Kier molecular flexibility index (Phi) is 4.29. The van der Waals surface area contributed by atoms with Crippen LogP contribution in [0.2, 0.25) is 5.02 Å². The van der Waals surface area contributed by atoms with Crippen LogP contribution in [0.25, 0.3) is 0 Å². The summed E-state index contributed by atoms with van der Waals surface area (Å²) >= 11 is 5.86. The molecule has 1 aromatic rings. The van der Waals surface area contributed by atoms with Crippen molar-refractivity contribution in [2.75, 3.05) is 18.4 Å². The highest BCUT2D eigenvalue weighted by Crippen LogP contribution is 2.25. The second-order valence-corrected chi connectivity index (χ2v) is 5.05. The molecule has 0 saturated carbocycles. The number of hydrogen-bond acceptors (Lipinski definition) is 2. The van der Waals surface area contributed by atoms with Crippen LogP contribution in [0.5, 0.6) is 0 Å². The molecule has 0 saturated heterocycles. The Morgan fingerprint density at radius 2 is 2.15 bits per heavy atom. The van der Waals surface area contributed by atoms with Crippen molar-refractivity contribution < 1.29 is 14.7 Å². The van der Waals surface area contributed by atoms with Gasteiger partial charge in [-0.1, -0.05) is 29.3 Å². The van der Waals surface area contributed by atoms with Crippen molar-refractivity contribution in [2.24, 2.45) is 0 Å². The van der Waals surface area contributed by atoms with E-state index in [9.17, 15) is 9.59 Å². The van der Waals surface area contributed by atoms with E-state index in [0.717, 1.165) is 6.42 Å². The van der Waals surface area contributed by atoms with E-state index in [-0.39, 0.29) is 22.3 Å². The van der Waals surface area contributed by atoms with E-state index in [2.05, 4.69) is 5.32 Å². The first kappa shape index (κ1) is 14.4. The molecule has 0 fully saturated rings. The summed E-state index contributed by atoms with van der Waals surface area (Å²) in [5.74, 6) is -1.17. The van der Waals surface area contributed by atoms with Crippen LogP contribution in [0.15, 0.2) is 29.8 Å². The van der Waals surface area contributed by atoms with Crippen LogP contribution >= 0.6 is 11.6 Å². The molecular weight excluding hydrogens is 280 g/mol. The van der Waals surface area contributed by atoms with Gasteiger partial charge in [-0.3, -0.25) is 0 Å². The highest BCUT2D eigenvalue weighted by molar-refractivity contribution is 6.34. The minimum Gasteiger partial charge on any atom is -0.478 e. The molecule has 20 heavy (non-hydrogen) atoms. The Bertz CT molecular complexity index is 584. The molecule has 0 aromatic heterocycles. The second-order valence-electron chi connectivity index (χ2n) is 4.64. The molecule has 0 atom stereocenters. The number of halogens is 1. The Morgan fingerprint density at radius 1 is 1.40 bits per heavy atom. The minimum atomic E-state index is -1.17. The predicted octanol–water partition coefficient (Wildman–Crippen LogP) is 3.22. The van der Waals surface area contributed by atoms with Gasteiger partial charge in [-0.25, -0.2) is 9.59 Å². The van der Waals surface area contributed by atoms with Gasteiger partial charge in [0, 0.05) is 13.1 Å². The Hall–Kier alpha value is -2.01. The fourth-order valence-corrected chi connectivity index (χ4v) is 2.25. The van der Waals surface area contributed by atoms with Crippen LogP contribution in [0.3, 0.4) is 0 Å². The lowest BCUT2D eigenvalue weighted by Gasteiger charge is -2.26. The van der Waals surface area contributed by atoms with Crippen LogP contribution in [0.1, 0.15) is 23.7 Å². The molecule has 0 bridgehead atoms. The predicted molar refractivity (Wildman–Crippen MR) is 77.4 cm³/mol. The Morgan fingerprint density at radius 3 is 2.75 bits per heavy atom. The SMILES string of the molecule is CC1=CCN(C(=O)Nc2cccc(Cl)c2C(=O)O)CC1. The number of carboxylic acid groups (broad SMARTS) is 1. The highest BCUT2D eigenvalue weighted by atomic mass is 35.5. The maximum atomic E-state index is 12.1. The zero-order valence-corrected chi connectivity index (χ0v) is 11.8. The average Bonchev–Trinajstić information content (AvgIpc) is 2.39. The Labute approximate surface area is 121 Å². The summed E-state index contributed by atoms with van der Waals surface area (Å²) in [4.78, 5) is 24.9. The molecule has 5 nitrogen and oxygen atoms in total. The fourth-order valence-electron chi connectivity index (χ4n) is 2.00. The standard InChI is InChI=1S/C14H15ClN2O3/c1-9-5-7-17(8-6-9)14(20)16-11-4-2-3-10(15)12(11)13(18)19/h2-5H,6-8H2,1H3,(H,16,20)(H,18,19). The number of amides is 2. The lowest BCUT2D eigenvalue weighted by molar-refractivity contribution is 0.0698. The van der Waals surface area contributed by atoms with E-state index >= 15 is 0 Å². The van der Waals surface area contributed by atoms with Crippen molar-refractivity contribution in [3.63, 3.8) is 0 Å². The third-order valence-corrected chi connectivity index (χ3v) is 3.51. The van der Waals surface area contributed by atoms with Gasteiger partial charge in [-0.05, 0) is 25.5 Å². The van der Waals surface area contributed by atoms with Crippen LogP contribution in [0.4, 0.5) is 10.5 Å². The number of hydrogen-bond donors (Lipinski definition) is 2. The molecule has 0 spiro atoms. The van der Waals surface area contributed by atoms with Crippen molar-refractivity contribution in [2.45, 2.75) is 13.3 Å². The van der Waals surface area contributed by atoms with Gasteiger partial charge in [0.25, 0.3) is 0 Å². The molecule has 1 aliphatic heterocycles. The number of aromatic carboxylic acids is 1. The molecule has 2 N–H and O–H groups in total. The van der Waals surface area contributed by atoms with Gasteiger partial charge >= 0.3 is 12.0 Å². The maximum absolute atomic E-state index is 12.1. The molecular formula is C14H15ClN2O3. The number of rotatable bonds is 2. The van der Waals surface area contributed by atoms with E-state index in [1.54, 1.807) is 11.0 Å². The van der Waals surface area contributed by atoms with Gasteiger partial charge in [0.15, 0.2) is 0 Å². The number of urea groups is 1. The minimum absolute atomic E-state index is 0.0914. The van der Waals surface area contributed by atoms with E-state index in [1.807, 2.05) is 13.0 Å². The average molecular weight is 295 g/mol. The van der Waals surface area contributed by atoms with Crippen molar-refractivity contribution in [1.82, 2.24) is 4.90 Å². The molecule has 0 unspecified atom stereocenters. The normalized spacial score (nSPS) is 14.7.